The van der Waals surface area contributed by atoms with Crippen LogP contribution in [0.4, 0.5) is 15.8 Å². The van der Waals surface area contributed by atoms with Crippen molar-refractivity contribution in [3.8, 4) is 5.75 Å². The van der Waals surface area contributed by atoms with Crippen LogP contribution in [0.1, 0.15) is 26.7 Å². The van der Waals surface area contributed by atoms with Crippen molar-refractivity contribution in [1.82, 2.24) is 0 Å². The Labute approximate surface area is 123 Å². The fourth-order valence-electron chi connectivity index (χ4n) is 2.05. The summed E-state index contributed by atoms with van der Waals surface area (Å²) < 4.78 is 18.8. The van der Waals surface area contributed by atoms with Gasteiger partial charge in [-0.05, 0) is 12.8 Å². The van der Waals surface area contributed by atoms with Crippen LogP contribution in [-0.2, 0) is 0 Å². The van der Waals surface area contributed by atoms with Gasteiger partial charge >= 0.3 is 5.69 Å². The first-order valence-electron chi connectivity index (χ1n) is 6.79. The van der Waals surface area contributed by atoms with E-state index in [4.69, 9.17) is 4.74 Å². The average molecular weight is 300 g/mol. The molecule has 0 radical (unpaired) electrons. The maximum Gasteiger partial charge on any atom is 0.313 e. The Hall–Kier alpha value is -1.89. The molecule has 1 rings (SSSR count). The van der Waals surface area contributed by atoms with E-state index >= 15 is 0 Å². The van der Waals surface area contributed by atoms with Crippen molar-refractivity contribution in [2.24, 2.45) is 5.41 Å². The summed E-state index contributed by atoms with van der Waals surface area (Å²) in [6.45, 7) is 4.26. The quantitative estimate of drug-likeness (QED) is 0.569. The highest BCUT2D eigenvalue weighted by Gasteiger charge is 2.26. The number of nitrogens with zero attached hydrogens (tertiary/aromatic N) is 1. The molecule has 1 aromatic rings. The van der Waals surface area contributed by atoms with Crippen molar-refractivity contribution in [2.75, 3.05) is 25.6 Å². The number of aliphatic hydroxyl groups is 1. The summed E-state index contributed by atoms with van der Waals surface area (Å²) in [5, 5.41) is 23.2. The number of nitro benzene ring substituents is 1. The lowest BCUT2D eigenvalue weighted by atomic mass is 9.83. The molecular formula is C14H21FN2O4. The van der Waals surface area contributed by atoms with Gasteiger partial charge in [-0.3, -0.25) is 10.1 Å². The van der Waals surface area contributed by atoms with Crippen LogP contribution < -0.4 is 10.1 Å². The first-order valence-corrected chi connectivity index (χ1v) is 6.79. The number of hydrogen-bond donors (Lipinski definition) is 2. The van der Waals surface area contributed by atoms with Gasteiger partial charge in [-0.1, -0.05) is 13.8 Å². The number of hydrogen-bond acceptors (Lipinski definition) is 5. The van der Waals surface area contributed by atoms with Crippen LogP contribution in [0.25, 0.3) is 0 Å². The van der Waals surface area contributed by atoms with E-state index in [-0.39, 0.29) is 23.5 Å². The molecule has 1 aromatic carbocycles. The minimum absolute atomic E-state index is 0.00787. The molecule has 0 bridgehead atoms. The Morgan fingerprint density at radius 2 is 2.05 bits per heavy atom. The second-order valence-electron chi connectivity index (χ2n) is 4.98. The molecule has 0 aliphatic heterocycles. The van der Waals surface area contributed by atoms with Crippen LogP contribution in [0.2, 0.25) is 0 Å². The Bertz CT molecular complexity index is 496. The van der Waals surface area contributed by atoms with Crippen LogP contribution in [0.3, 0.4) is 0 Å². The molecule has 0 aliphatic carbocycles. The minimum Gasteiger partial charge on any atom is -0.490 e. The summed E-state index contributed by atoms with van der Waals surface area (Å²) in [5.41, 5.74) is -0.640. The van der Waals surface area contributed by atoms with Gasteiger partial charge in [-0.2, -0.15) is 0 Å². The maximum absolute atomic E-state index is 13.9. The largest absolute Gasteiger partial charge is 0.490 e. The number of rotatable bonds is 8. The number of nitrogens with one attached hydrogen (secondary N) is 1. The Kier molecular flexibility index (Phi) is 5.90. The van der Waals surface area contributed by atoms with Gasteiger partial charge in [-0.15, -0.1) is 0 Å². The molecule has 0 saturated carbocycles. The van der Waals surface area contributed by atoms with Gasteiger partial charge in [0.1, 0.15) is 0 Å². The predicted molar refractivity (Wildman–Crippen MR) is 78.2 cm³/mol. The third kappa shape index (κ3) is 3.81. The van der Waals surface area contributed by atoms with Crippen LogP contribution in [0.5, 0.6) is 5.75 Å². The van der Waals surface area contributed by atoms with Gasteiger partial charge < -0.3 is 15.2 Å². The molecule has 0 spiro atoms. The van der Waals surface area contributed by atoms with E-state index in [1.165, 1.54) is 13.2 Å². The topological polar surface area (TPSA) is 84.6 Å². The highest BCUT2D eigenvalue weighted by atomic mass is 19.1. The second kappa shape index (κ2) is 7.21. The molecule has 0 amide bonds. The number of nitro groups is 1. The number of aliphatic hydroxyl groups excluding tert-OH is 1. The summed E-state index contributed by atoms with van der Waals surface area (Å²) >= 11 is 0. The zero-order chi connectivity index (χ0) is 16.0. The molecule has 0 heterocycles. The standard InChI is InChI=1S/C14H21FN2O4/c1-4-14(5-2,9-18)8-16-11-7-13(21-3)12(17(19)20)6-10(11)15/h6-7,16,18H,4-5,8-9H2,1-3H3. The Morgan fingerprint density at radius 1 is 1.43 bits per heavy atom. The van der Waals surface area contributed by atoms with Crippen molar-refractivity contribution in [3.05, 3.63) is 28.1 Å². The zero-order valence-electron chi connectivity index (χ0n) is 12.5. The fraction of sp³-hybridized carbons (Fsp3) is 0.571. The second-order valence-corrected chi connectivity index (χ2v) is 4.98. The number of benzene rings is 1. The highest BCUT2D eigenvalue weighted by molar-refractivity contribution is 5.59. The summed E-state index contributed by atoms with van der Waals surface area (Å²) in [7, 11) is 1.29. The van der Waals surface area contributed by atoms with E-state index in [1.54, 1.807) is 0 Å². The molecule has 7 heteroatoms. The maximum atomic E-state index is 13.9. The molecule has 0 unspecified atom stereocenters. The minimum atomic E-state index is -0.721. The highest BCUT2D eigenvalue weighted by Crippen LogP contribution is 2.33. The zero-order valence-corrected chi connectivity index (χ0v) is 12.5. The lowest BCUT2D eigenvalue weighted by Crippen LogP contribution is -2.32. The predicted octanol–water partition coefficient (Wildman–Crippen LogP) is 2.95. The normalized spacial score (nSPS) is 11.3. The summed E-state index contributed by atoms with van der Waals surface area (Å²) in [6, 6.07) is 2.10. The molecule has 0 aromatic heterocycles. The lowest BCUT2D eigenvalue weighted by Gasteiger charge is -2.30. The van der Waals surface area contributed by atoms with Crippen molar-refractivity contribution in [2.45, 2.75) is 26.7 Å². The van der Waals surface area contributed by atoms with Crippen LogP contribution >= 0.6 is 0 Å². The molecular weight excluding hydrogens is 279 g/mol. The van der Waals surface area contributed by atoms with Gasteiger partial charge in [0.25, 0.3) is 0 Å². The molecule has 6 nitrogen and oxygen atoms in total. The lowest BCUT2D eigenvalue weighted by molar-refractivity contribution is -0.385. The summed E-state index contributed by atoms with van der Waals surface area (Å²) in [5.74, 6) is -0.729. The number of anilines is 1. The summed E-state index contributed by atoms with van der Waals surface area (Å²) in [6.07, 6.45) is 1.47. The Balaban J connectivity index is 3.02. The van der Waals surface area contributed by atoms with E-state index < -0.39 is 16.4 Å². The van der Waals surface area contributed by atoms with Gasteiger partial charge in [-0.25, -0.2) is 4.39 Å². The van der Waals surface area contributed by atoms with Crippen molar-refractivity contribution < 1.29 is 19.2 Å². The molecule has 2 N–H and O–H groups in total. The third-order valence-corrected chi connectivity index (χ3v) is 3.95. The van der Waals surface area contributed by atoms with Crippen LogP contribution in [0.15, 0.2) is 12.1 Å². The van der Waals surface area contributed by atoms with E-state index in [0.717, 1.165) is 18.9 Å². The summed E-state index contributed by atoms with van der Waals surface area (Å²) in [4.78, 5) is 10.1. The molecule has 21 heavy (non-hydrogen) atoms. The van der Waals surface area contributed by atoms with Gasteiger partial charge in [0.15, 0.2) is 11.6 Å². The SMILES string of the molecule is CCC(CC)(CO)CNc1cc(OC)c([N+](=O)[O-])cc1F. The number of methoxy groups -OCH3 is 1. The van der Waals surface area contributed by atoms with Gasteiger partial charge in [0.2, 0.25) is 0 Å². The monoisotopic (exact) mass is 300 g/mol. The van der Waals surface area contributed by atoms with E-state index in [1.807, 2.05) is 13.8 Å². The van der Waals surface area contributed by atoms with Gasteiger partial charge in [0.05, 0.1) is 30.4 Å². The van der Waals surface area contributed by atoms with E-state index in [0.29, 0.717) is 6.54 Å². The molecule has 0 aliphatic rings. The van der Waals surface area contributed by atoms with Crippen molar-refractivity contribution >= 4 is 11.4 Å². The molecule has 0 atom stereocenters. The van der Waals surface area contributed by atoms with E-state index in [9.17, 15) is 19.6 Å². The average Bonchev–Trinajstić information content (AvgIpc) is 2.49. The first kappa shape index (κ1) is 17.2. The number of ether oxygens (including phenoxy) is 1. The first-order chi connectivity index (χ1) is 9.92. The van der Waals surface area contributed by atoms with Gasteiger partial charge in [0, 0.05) is 18.0 Å². The van der Waals surface area contributed by atoms with Crippen molar-refractivity contribution in [1.29, 1.82) is 0 Å². The smallest absolute Gasteiger partial charge is 0.313 e. The fourth-order valence-corrected chi connectivity index (χ4v) is 2.05. The molecule has 0 fully saturated rings. The van der Waals surface area contributed by atoms with Crippen LogP contribution in [-0.4, -0.2) is 30.3 Å². The Morgan fingerprint density at radius 3 is 2.48 bits per heavy atom. The number of halogens is 1. The molecule has 118 valence electrons. The van der Waals surface area contributed by atoms with Crippen molar-refractivity contribution in [3.63, 3.8) is 0 Å². The van der Waals surface area contributed by atoms with E-state index in [2.05, 4.69) is 5.32 Å². The third-order valence-electron chi connectivity index (χ3n) is 3.95. The van der Waals surface area contributed by atoms with Crippen LogP contribution in [0, 0.1) is 21.3 Å². The molecule has 0 saturated heterocycles.